The fourth-order valence-electron chi connectivity index (χ4n) is 3.36. The Balaban J connectivity index is 1.69. The zero-order valence-corrected chi connectivity index (χ0v) is 16.0. The molecule has 6 heteroatoms. The van der Waals surface area contributed by atoms with Crippen LogP contribution in [-0.2, 0) is 4.74 Å². The highest BCUT2D eigenvalue weighted by molar-refractivity contribution is 6.05. The van der Waals surface area contributed by atoms with E-state index >= 15 is 0 Å². The molecule has 1 unspecified atom stereocenters. The summed E-state index contributed by atoms with van der Waals surface area (Å²) in [5.41, 5.74) is 4.52. The van der Waals surface area contributed by atoms with Crippen molar-refractivity contribution in [3.8, 4) is 0 Å². The number of carbonyl (C=O) groups excluding carboxylic acids is 2. The summed E-state index contributed by atoms with van der Waals surface area (Å²) >= 11 is 0. The molecule has 0 radical (unpaired) electrons. The van der Waals surface area contributed by atoms with Gasteiger partial charge in [0.25, 0.3) is 11.8 Å². The molecule has 0 aliphatic carbocycles. The summed E-state index contributed by atoms with van der Waals surface area (Å²) < 4.78 is 5.51. The zero-order valence-electron chi connectivity index (χ0n) is 16.0. The van der Waals surface area contributed by atoms with E-state index in [1.54, 1.807) is 6.07 Å². The molecular formula is C21H25N3O3. The van der Waals surface area contributed by atoms with E-state index in [-0.39, 0.29) is 23.6 Å². The van der Waals surface area contributed by atoms with Crippen molar-refractivity contribution in [1.29, 1.82) is 0 Å². The van der Waals surface area contributed by atoms with Gasteiger partial charge in [-0.1, -0.05) is 17.7 Å². The van der Waals surface area contributed by atoms with Gasteiger partial charge in [-0.2, -0.15) is 0 Å². The summed E-state index contributed by atoms with van der Waals surface area (Å²) in [4.78, 5) is 29.1. The molecule has 0 bridgehead atoms. The molecule has 27 heavy (non-hydrogen) atoms. The SMILES string of the molecule is Cc1cc(C)c(NC(=O)c2cc(C(=O)NCC3CCCO3)ccn2)c(C)c1. The summed E-state index contributed by atoms with van der Waals surface area (Å²) in [6.45, 7) is 7.16. The largest absolute Gasteiger partial charge is 0.376 e. The smallest absolute Gasteiger partial charge is 0.274 e. The van der Waals surface area contributed by atoms with Gasteiger partial charge in [-0.05, 0) is 56.9 Å². The van der Waals surface area contributed by atoms with Crippen molar-refractivity contribution in [2.24, 2.45) is 0 Å². The lowest BCUT2D eigenvalue weighted by atomic mass is 10.0. The van der Waals surface area contributed by atoms with Crippen LogP contribution in [0.2, 0.25) is 0 Å². The molecule has 2 amide bonds. The second kappa shape index (κ2) is 8.31. The number of nitrogens with zero attached hydrogens (tertiary/aromatic N) is 1. The molecular weight excluding hydrogens is 342 g/mol. The lowest BCUT2D eigenvalue weighted by molar-refractivity contribution is 0.0857. The van der Waals surface area contributed by atoms with Crippen LogP contribution in [0, 0.1) is 20.8 Å². The number of nitrogens with one attached hydrogen (secondary N) is 2. The lowest BCUT2D eigenvalue weighted by Gasteiger charge is -2.13. The Morgan fingerprint density at radius 1 is 1.15 bits per heavy atom. The molecule has 142 valence electrons. The fourth-order valence-corrected chi connectivity index (χ4v) is 3.36. The number of ether oxygens (including phenoxy) is 1. The van der Waals surface area contributed by atoms with Gasteiger partial charge in [0.05, 0.1) is 6.10 Å². The summed E-state index contributed by atoms with van der Waals surface area (Å²) in [7, 11) is 0. The normalized spacial score (nSPS) is 16.2. The molecule has 6 nitrogen and oxygen atoms in total. The number of amides is 2. The van der Waals surface area contributed by atoms with Crippen LogP contribution in [0.5, 0.6) is 0 Å². The third kappa shape index (κ3) is 4.71. The summed E-state index contributed by atoms with van der Waals surface area (Å²) in [6.07, 6.45) is 3.54. The minimum absolute atomic E-state index is 0.0750. The minimum atomic E-state index is -0.334. The van der Waals surface area contributed by atoms with E-state index < -0.39 is 0 Å². The van der Waals surface area contributed by atoms with Gasteiger partial charge >= 0.3 is 0 Å². The Kier molecular flexibility index (Phi) is 5.86. The van der Waals surface area contributed by atoms with E-state index in [9.17, 15) is 9.59 Å². The van der Waals surface area contributed by atoms with Gasteiger partial charge in [0, 0.05) is 30.6 Å². The van der Waals surface area contributed by atoms with E-state index in [0.29, 0.717) is 12.1 Å². The van der Waals surface area contributed by atoms with Crippen molar-refractivity contribution in [3.63, 3.8) is 0 Å². The molecule has 2 N–H and O–H groups in total. The van der Waals surface area contributed by atoms with Gasteiger partial charge in [-0.25, -0.2) is 0 Å². The van der Waals surface area contributed by atoms with Crippen molar-refractivity contribution in [1.82, 2.24) is 10.3 Å². The molecule has 1 aromatic carbocycles. The van der Waals surface area contributed by atoms with Crippen molar-refractivity contribution >= 4 is 17.5 Å². The maximum Gasteiger partial charge on any atom is 0.274 e. The number of anilines is 1. The first kappa shape index (κ1) is 19.0. The molecule has 2 heterocycles. The topological polar surface area (TPSA) is 80.3 Å². The monoisotopic (exact) mass is 367 g/mol. The predicted molar refractivity (Wildman–Crippen MR) is 104 cm³/mol. The summed E-state index contributed by atoms with van der Waals surface area (Å²) in [6, 6.07) is 7.15. The first-order valence-corrected chi connectivity index (χ1v) is 9.19. The molecule has 3 rings (SSSR count). The third-order valence-corrected chi connectivity index (χ3v) is 4.68. The third-order valence-electron chi connectivity index (χ3n) is 4.68. The number of aryl methyl sites for hydroxylation is 3. The second-order valence-electron chi connectivity index (χ2n) is 7.00. The Morgan fingerprint density at radius 3 is 2.56 bits per heavy atom. The minimum Gasteiger partial charge on any atom is -0.376 e. The van der Waals surface area contributed by atoms with Crippen LogP contribution in [0.25, 0.3) is 0 Å². The maximum absolute atomic E-state index is 12.6. The number of rotatable bonds is 5. The number of carbonyl (C=O) groups is 2. The maximum atomic E-state index is 12.6. The highest BCUT2D eigenvalue weighted by Gasteiger charge is 2.18. The molecule has 1 saturated heterocycles. The van der Waals surface area contributed by atoms with Crippen LogP contribution in [0.4, 0.5) is 5.69 Å². The molecule has 2 aromatic rings. The molecule has 1 atom stereocenters. The fraction of sp³-hybridized carbons (Fsp3) is 0.381. The quantitative estimate of drug-likeness (QED) is 0.851. The number of pyridine rings is 1. The Hall–Kier alpha value is -2.73. The van der Waals surface area contributed by atoms with Gasteiger partial charge in [-0.3, -0.25) is 14.6 Å². The Morgan fingerprint density at radius 2 is 1.89 bits per heavy atom. The molecule has 1 aliphatic rings. The molecule has 0 spiro atoms. The van der Waals surface area contributed by atoms with Gasteiger partial charge in [-0.15, -0.1) is 0 Å². The summed E-state index contributed by atoms with van der Waals surface area (Å²) in [5.74, 6) is -0.566. The Bertz CT molecular complexity index is 834. The highest BCUT2D eigenvalue weighted by Crippen LogP contribution is 2.22. The zero-order chi connectivity index (χ0) is 19.4. The molecule has 1 aliphatic heterocycles. The standard InChI is InChI=1S/C21H25N3O3/c1-13-9-14(2)19(15(3)10-13)24-21(26)18-11-16(6-7-22-18)20(25)23-12-17-5-4-8-27-17/h6-7,9-11,17H,4-5,8,12H2,1-3H3,(H,23,25)(H,24,26). The highest BCUT2D eigenvalue weighted by atomic mass is 16.5. The van der Waals surface area contributed by atoms with Gasteiger partial charge in [0.15, 0.2) is 0 Å². The van der Waals surface area contributed by atoms with E-state index in [2.05, 4.69) is 15.6 Å². The number of hydrogen-bond acceptors (Lipinski definition) is 4. The van der Waals surface area contributed by atoms with Gasteiger partial charge in [0.2, 0.25) is 0 Å². The predicted octanol–water partition coefficient (Wildman–Crippen LogP) is 3.17. The van der Waals surface area contributed by atoms with Crippen molar-refractivity contribution in [3.05, 3.63) is 58.4 Å². The van der Waals surface area contributed by atoms with Gasteiger partial charge in [0.1, 0.15) is 5.69 Å². The van der Waals surface area contributed by atoms with Crippen molar-refractivity contribution < 1.29 is 14.3 Å². The van der Waals surface area contributed by atoms with E-state index in [1.807, 2.05) is 32.9 Å². The molecule has 1 aromatic heterocycles. The Labute approximate surface area is 159 Å². The van der Waals surface area contributed by atoms with Crippen LogP contribution < -0.4 is 10.6 Å². The lowest BCUT2D eigenvalue weighted by Crippen LogP contribution is -2.32. The van der Waals surface area contributed by atoms with Crippen LogP contribution in [0.3, 0.4) is 0 Å². The van der Waals surface area contributed by atoms with Crippen LogP contribution >= 0.6 is 0 Å². The van der Waals surface area contributed by atoms with Crippen LogP contribution in [0.15, 0.2) is 30.5 Å². The van der Waals surface area contributed by atoms with Crippen molar-refractivity contribution in [2.75, 3.05) is 18.5 Å². The first-order chi connectivity index (χ1) is 12.9. The average Bonchev–Trinajstić information content (AvgIpc) is 3.16. The molecule has 0 saturated carbocycles. The van der Waals surface area contributed by atoms with Crippen LogP contribution in [0.1, 0.15) is 50.4 Å². The second-order valence-corrected chi connectivity index (χ2v) is 7.00. The van der Waals surface area contributed by atoms with E-state index in [4.69, 9.17) is 4.74 Å². The summed E-state index contributed by atoms with van der Waals surface area (Å²) in [5, 5.41) is 5.77. The number of hydrogen-bond donors (Lipinski definition) is 2. The molecule has 1 fully saturated rings. The average molecular weight is 367 g/mol. The van der Waals surface area contributed by atoms with E-state index in [1.165, 1.54) is 12.3 Å². The van der Waals surface area contributed by atoms with Crippen LogP contribution in [-0.4, -0.2) is 36.1 Å². The first-order valence-electron chi connectivity index (χ1n) is 9.19. The number of benzene rings is 1. The van der Waals surface area contributed by atoms with E-state index in [0.717, 1.165) is 41.8 Å². The number of aromatic nitrogens is 1. The van der Waals surface area contributed by atoms with Crippen molar-refractivity contribution in [2.45, 2.75) is 39.7 Å². The van der Waals surface area contributed by atoms with Gasteiger partial charge < -0.3 is 15.4 Å².